The van der Waals surface area contributed by atoms with Gasteiger partial charge in [0.1, 0.15) is 11.6 Å². The van der Waals surface area contributed by atoms with Crippen molar-refractivity contribution in [3.63, 3.8) is 0 Å². The molecule has 1 fully saturated rings. The Kier molecular flexibility index (Phi) is 4.40. The van der Waals surface area contributed by atoms with Crippen molar-refractivity contribution in [2.24, 2.45) is 7.05 Å². The van der Waals surface area contributed by atoms with Gasteiger partial charge in [-0.3, -0.25) is 0 Å². The predicted molar refractivity (Wildman–Crippen MR) is 95.8 cm³/mol. The summed E-state index contributed by atoms with van der Waals surface area (Å²) in [5.74, 6) is 3.13. The second-order valence-electron chi connectivity index (χ2n) is 6.36. The van der Waals surface area contributed by atoms with E-state index in [4.69, 9.17) is 11.6 Å². The zero-order chi connectivity index (χ0) is 17.2. The summed E-state index contributed by atoms with van der Waals surface area (Å²) >= 11 is 6.32. The molecule has 3 aromatic rings. The number of nitrogens with zero attached hydrogens (tertiary/aromatic N) is 7. The van der Waals surface area contributed by atoms with E-state index < -0.39 is 0 Å². The second kappa shape index (κ2) is 6.84. The van der Waals surface area contributed by atoms with E-state index in [9.17, 15) is 0 Å². The largest absolute Gasteiger partial charge is 0.355 e. The quantitative estimate of drug-likeness (QED) is 0.717. The lowest BCUT2D eigenvalue weighted by Gasteiger charge is -2.33. The zero-order valence-corrected chi connectivity index (χ0v) is 14.8. The van der Waals surface area contributed by atoms with Gasteiger partial charge in [-0.1, -0.05) is 11.6 Å². The van der Waals surface area contributed by atoms with Crippen molar-refractivity contribution in [1.82, 2.24) is 29.3 Å². The van der Waals surface area contributed by atoms with Gasteiger partial charge in [0.25, 0.3) is 0 Å². The SMILES string of the molecule is Cn1c(Cn2ccnc2)nnc1C1CCCN(c2ncccc2Cl)C1. The van der Waals surface area contributed by atoms with Crippen LogP contribution in [0.2, 0.25) is 5.02 Å². The highest BCUT2D eigenvalue weighted by molar-refractivity contribution is 6.32. The minimum atomic E-state index is 0.320. The van der Waals surface area contributed by atoms with Gasteiger partial charge in [-0.2, -0.15) is 0 Å². The Morgan fingerprint density at radius 3 is 3.00 bits per heavy atom. The fourth-order valence-electron chi connectivity index (χ4n) is 3.40. The minimum absolute atomic E-state index is 0.320. The molecule has 1 unspecified atom stereocenters. The Morgan fingerprint density at radius 2 is 2.20 bits per heavy atom. The molecule has 0 aromatic carbocycles. The molecule has 1 aliphatic rings. The molecule has 3 aromatic heterocycles. The number of imidazole rings is 1. The summed E-state index contributed by atoms with van der Waals surface area (Å²) < 4.78 is 4.10. The molecule has 0 bridgehead atoms. The standard InChI is InChI=1S/C17H20ClN7/c1-23-15(11-24-9-7-19-12-24)21-22-16(23)13-4-3-8-25(10-13)17-14(18)5-2-6-20-17/h2,5-7,9,12-13H,3-4,8,10-11H2,1H3. The summed E-state index contributed by atoms with van der Waals surface area (Å²) in [6.07, 6.45) is 9.46. The molecule has 0 amide bonds. The van der Waals surface area contributed by atoms with Gasteiger partial charge in [0.15, 0.2) is 5.82 Å². The molecule has 4 heterocycles. The summed E-state index contributed by atoms with van der Waals surface area (Å²) in [7, 11) is 2.04. The van der Waals surface area contributed by atoms with Gasteiger partial charge in [0.2, 0.25) is 0 Å². The van der Waals surface area contributed by atoms with Crippen LogP contribution in [-0.2, 0) is 13.6 Å². The topological polar surface area (TPSA) is 64.7 Å². The van der Waals surface area contributed by atoms with Crippen molar-refractivity contribution < 1.29 is 0 Å². The third-order valence-electron chi connectivity index (χ3n) is 4.71. The van der Waals surface area contributed by atoms with Crippen molar-refractivity contribution in [2.75, 3.05) is 18.0 Å². The number of hydrogen-bond donors (Lipinski definition) is 0. The molecule has 0 radical (unpaired) electrons. The number of aromatic nitrogens is 6. The van der Waals surface area contributed by atoms with E-state index in [-0.39, 0.29) is 0 Å². The Labute approximate surface area is 151 Å². The maximum atomic E-state index is 6.32. The van der Waals surface area contributed by atoms with Gasteiger partial charge in [0, 0.05) is 44.6 Å². The smallest absolute Gasteiger partial charge is 0.152 e. The molecule has 8 heteroatoms. The van der Waals surface area contributed by atoms with Crippen LogP contribution in [0.5, 0.6) is 0 Å². The molecule has 0 N–H and O–H groups in total. The molecule has 0 aliphatic carbocycles. The summed E-state index contributed by atoms with van der Waals surface area (Å²) in [4.78, 5) is 10.8. The van der Waals surface area contributed by atoms with Crippen LogP contribution in [0.1, 0.15) is 30.4 Å². The average Bonchev–Trinajstić information content (AvgIpc) is 3.27. The fourth-order valence-corrected chi connectivity index (χ4v) is 3.64. The lowest BCUT2D eigenvalue weighted by molar-refractivity contribution is 0.476. The first-order valence-corrected chi connectivity index (χ1v) is 8.79. The molecule has 7 nitrogen and oxygen atoms in total. The Balaban J connectivity index is 1.54. The summed E-state index contributed by atoms with van der Waals surface area (Å²) in [5.41, 5.74) is 0. The monoisotopic (exact) mass is 357 g/mol. The van der Waals surface area contributed by atoms with Crippen molar-refractivity contribution >= 4 is 17.4 Å². The molecule has 1 atom stereocenters. The number of piperidine rings is 1. The van der Waals surface area contributed by atoms with E-state index in [0.29, 0.717) is 17.5 Å². The van der Waals surface area contributed by atoms with Gasteiger partial charge in [-0.15, -0.1) is 10.2 Å². The number of hydrogen-bond acceptors (Lipinski definition) is 5. The van der Waals surface area contributed by atoms with E-state index >= 15 is 0 Å². The van der Waals surface area contributed by atoms with Gasteiger partial charge < -0.3 is 14.0 Å². The lowest BCUT2D eigenvalue weighted by atomic mass is 9.97. The number of rotatable bonds is 4. The van der Waals surface area contributed by atoms with Crippen LogP contribution in [0.15, 0.2) is 37.1 Å². The van der Waals surface area contributed by atoms with Crippen molar-refractivity contribution in [3.05, 3.63) is 53.7 Å². The third kappa shape index (κ3) is 3.24. The molecular formula is C17H20ClN7. The van der Waals surface area contributed by atoms with E-state index in [1.807, 2.05) is 29.9 Å². The summed E-state index contributed by atoms with van der Waals surface area (Å²) in [5, 5.41) is 9.55. The molecule has 1 saturated heterocycles. The van der Waals surface area contributed by atoms with Crippen LogP contribution in [0.3, 0.4) is 0 Å². The summed E-state index contributed by atoms with van der Waals surface area (Å²) in [6, 6.07) is 3.75. The Morgan fingerprint density at radius 1 is 1.28 bits per heavy atom. The van der Waals surface area contributed by atoms with Gasteiger partial charge in [0.05, 0.1) is 17.9 Å². The molecule has 130 valence electrons. The Bertz CT molecular complexity index is 843. The Hall–Kier alpha value is -2.41. The first-order valence-electron chi connectivity index (χ1n) is 8.41. The van der Waals surface area contributed by atoms with E-state index in [1.165, 1.54) is 0 Å². The van der Waals surface area contributed by atoms with E-state index in [0.717, 1.165) is 43.4 Å². The van der Waals surface area contributed by atoms with Crippen LogP contribution in [0, 0.1) is 0 Å². The molecule has 0 saturated carbocycles. The zero-order valence-electron chi connectivity index (χ0n) is 14.1. The van der Waals surface area contributed by atoms with Gasteiger partial charge in [-0.25, -0.2) is 9.97 Å². The second-order valence-corrected chi connectivity index (χ2v) is 6.77. The van der Waals surface area contributed by atoms with Gasteiger partial charge >= 0.3 is 0 Å². The van der Waals surface area contributed by atoms with Crippen molar-refractivity contribution in [1.29, 1.82) is 0 Å². The maximum absolute atomic E-state index is 6.32. The van der Waals surface area contributed by atoms with Crippen molar-refractivity contribution in [3.8, 4) is 0 Å². The lowest BCUT2D eigenvalue weighted by Crippen LogP contribution is -2.36. The highest BCUT2D eigenvalue weighted by atomic mass is 35.5. The van der Waals surface area contributed by atoms with E-state index in [2.05, 4.69) is 29.6 Å². The molecule has 4 rings (SSSR count). The van der Waals surface area contributed by atoms with Crippen LogP contribution >= 0.6 is 11.6 Å². The normalized spacial score (nSPS) is 17.8. The van der Waals surface area contributed by atoms with Crippen LogP contribution in [0.4, 0.5) is 5.82 Å². The number of halogens is 1. The maximum Gasteiger partial charge on any atom is 0.152 e. The molecule has 0 spiro atoms. The average molecular weight is 358 g/mol. The molecular weight excluding hydrogens is 338 g/mol. The van der Waals surface area contributed by atoms with Crippen molar-refractivity contribution in [2.45, 2.75) is 25.3 Å². The summed E-state index contributed by atoms with van der Waals surface area (Å²) in [6.45, 7) is 2.49. The van der Waals surface area contributed by atoms with Crippen LogP contribution in [0.25, 0.3) is 0 Å². The highest BCUT2D eigenvalue weighted by Crippen LogP contribution is 2.31. The highest BCUT2D eigenvalue weighted by Gasteiger charge is 2.27. The van der Waals surface area contributed by atoms with Crippen LogP contribution < -0.4 is 4.90 Å². The van der Waals surface area contributed by atoms with Gasteiger partial charge in [-0.05, 0) is 25.0 Å². The molecule has 1 aliphatic heterocycles. The predicted octanol–water partition coefficient (Wildman–Crippen LogP) is 2.49. The van der Waals surface area contributed by atoms with Crippen LogP contribution in [-0.4, -0.2) is 42.4 Å². The molecule has 25 heavy (non-hydrogen) atoms. The number of pyridine rings is 1. The fraction of sp³-hybridized carbons (Fsp3) is 0.412. The third-order valence-corrected chi connectivity index (χ3v) is 5.00. The number of anilines is 1. The van der Waals surface area contributed by atoms with E-state index in [1.54, 1.807) is 18.7 Å². The first-order chi connectivity index (χ1) is 12.2. The minimum Gasteiger partial charge on any atom is -0.355 e. The first kappa shape index (κ1) is 16.1.